The molecule has 3 aromatic carbocycles. The fraction of sp³-hybridized carbons (Fsp3) is 0.129. The predicted octanol–water partition coefficient (Wildman–Crippen LogP) is 6.45. The summed E-state index contributed by atoms with van der Waals surface area (Å²) < 4.78 is 74.6. The van der Waals surface area contributed by atoms with Gasteiger partial charge in [-0.25, -0.2) is 18.1 Å². The zero-order valence-corrected chi connectivity index (χ0v) is 22.2. The number of fused-ring (bicyclic) bond motifs is 1. The maximum atomic E-state index is 16.0. The Labute approximate surface area is 240 Å². The smallest absolute Gasteiger partial charge is 0.349 e. The summed E-state index contributed by atoms with van der Waals surface area (Å²) in [7, 11) is 0. The topological polar surface area (TPSA) is 77.6 Å². The Bertz CT molecular complexity index is 2030. The van der Waals surface area contributed by atoms with Gasteiger partial charge in [-0.2, -0.15) is 18.3 Å². The minimum absolute atomic E-state index is 0.00365. The molecule has 0 aliphatic heterocycles. The third-order valence-electron chi connectivity index (χ3n) is 7.10. The average molecular weight is 592 g/mol. The van der Waals surface area contributed by atoms with Crippen molar-refractivity contribution in [2.45, 2.75) is 25.3 Å². The molecule has 0 aliphatic carbocycles. The van der Waals surface area contributed by atoms with Crippen LogP contribution in [0.5, 0.6) is 0 Å². The lowest BCUT2D eigenvalue weighted by Crippen LogP contribution is -2.42. The number of aromatic amines is 1. The SMILES string of the molecule is O=c1c2[nH]c(-c3cnn(Cc4ccccc4C(F)(F)F)c3)cc2n(C(F)c2ccccc2)c(=O)n1C(F)c1ccccc1. The molecule has 0 bridgehead atoms. The number of nitrogens with zero attached hydrogens (tertiary/aromatic N) is 4. The van der Waals surface area contributed by atoms with Gasteiger partial charge >= 0.3 is 11.9 Å². The molecule has 218 valence electrons. The summed E-state index contributed by atoms with van der Waals surface area (Å²) in [5.74, 6) is 0. The van der Waals surface area contributed by atoms with Crippen molar-refractivity contribution in [3.05, 3.63) is 146 Å². The quantitative estimate of drug-likeness (QED) is 0.217. The number of hydrogen-bond acceptors (Lipinski definition) is 3. The van der Waals surface area contributed by atoms with Crippen LogP contribution in [0.3, 0.4) is 0 Å². The van der Waals surface area contributed by atoms with Gasteiger partial charge in [-0.3, -0.25) is 14.0 Å². The van der Waals surface area contributed by atoms with Crippen LogP contribution in [0.4, 0.5) is 22.0 Å². The summed E-state index contributed by atoms with van der Waals surface area (Å²) in [6.07, 6.45) is -6.03. The molecule has 2 unspecified atom stereocenters. The lowest BCUT2D eigenvalue weighted by Gasteiger charge is -2.18. The number of hydrogen-bond donors (Lipinski definition) is 1. The van der Waals surface area contributed by atoms with Gasteiger partial charge in [-0.05, 0) is 17.7 Å². The Balaban J connectivity index is 1.48. The number of benzene rings is 3. The van der Waals surface area contributed by atoms with E-state index in [-0.39, 0.29) is 40.0 Å². The van der Waals surface area contributed by atoms with Crippen molar-refractivity contribution in [1.82, 2.24) is 23.9 Å². The molecule has 6 aromatic rings. The molecule has 0 amide bonds. The fourth-order valence-corrected chi connectivity index (χ4v) is 5.02. The summed E-state index contributed by atoms with van der Waals surface area (Å²) in [5, 5.41) is 4.16. The van der Waals surface area contributed by atoms with Crippen molar-refractivity contribution in [2.24, 2.45) is 0 Å². The van der Waals surface area contributed by atoms with Crippen molar-refractivity contribution < 1.29 is 22.0 Å². The first kappa shape index (κ1) is 27.9. The van der Waals surface area contributed by atoms with E-state index in [1.807, 2.05) is 0 Å². The molecular weight excluding hydrogens is 569 g/mol. The molecule has 0 spiro atoms. The lowest BCUT2D eigenvalue weighted by atomic mass is 10.1. The Morgan fingerprint density at radius 1 is 0.791 bits per heavy atom. The first-order chi connectivity index (χ1) is 20.6. The number of H-pyrrole nitrogens is 1. The molecule has 2 atom stereocenters. The highest BCUT2D eigenvalue weighted by Gasteiger charge is 2.33. The van der Waals surface area contributed by atoms with Crippen molar-refractivity contribution >= 4 is 11.0 Å². The van der Waals surface area contributed by atoms with Crippen molar-refractivity contribution in [2.75, 3.05) is 0 Å². The second-order valence-corrected chi connectivity index (χ2v) is 9.85. The van der Waals surface area contributed by atoms with Gasteiger partial charge in [0.05, 0.1) is 29.5 Å². The Hall–Kier alpha value is -5.26. The summed E-state index contributed by atoms with van der Waals surface area (Å²) in [5.41, 5.74) is -2.66. The lowest BCUT2D eigenvalue weighted by molar-refractivity contribution is -0.138. The number of alkyl halides is 5. The fourth-order valence-electron chi connectivity index (χ4n) is 5.02. The van der Waals surface area contributed by atoms with Crippen molar-refractivity contribution in [1.29, 1.82) is 0 Å². The predicted molar refractivity (Wildman–Crippen MR) is 150 cm³/mol. The van der Waals surface area contributed by atoms with Gasteiger partial charge < -0.3 is 4.98 Å². The van der Waals surface area contributed by atoms with E-state index in [1.165, 1.54) is 65.6 Å². The van der Waals surface area contributed by atoms with Crippen molar-refractivity contribution in [3.63, 3.8) is 0 Å². The van der Waals surface area contributed by atoms with Crippen LogP contribution in [0.1, 0.15) is 34.8 Å². The first-order valence-corrected chi connectivity index (χ1v) is 13.1. The third kappa shape index (κ3) is 5.16. The Morgan fingerprint density at radius 3 is 2.00 bits per heavy atom. The standard InChI is InChI=1S/C31H22F5N5O2/c32-27(19-9-3-1-4-10-19)40-25-15-24(22-16-37-39(18-22)17-21-13-7-8-14-23(21)31(34,35)36)38-26(25)29(42)41(30(40)43)28(33)20-11-5-2-6-12-20/h1-16,18,27-28,38H,17H2. The number of rotatable bonds is 7. The van der Waals surface area contributed by atoms with Crippen LogP contribution in [-0.2, 0) is 12.7 Å². The molecule has 6 rings (SSSR count). The van der Waals surface area contributed by atoms with Crippen LogP contribution in [0, 0.1) is 0 Å². The maximum Gasteiger partial charge on any atom is 0.416 e. The molecule has 0 fully saturated rings. The van der Waals surface area contributed by atoms with Gasteiger partial charge in [-0.1, -0.05) is 78.9 Å². The Morgan fingerprint density at radius 2 is 1.37 bits per heavy atom. The van der Waals surface area contributed by atoms with Crippen molar-refractivity contribution in [3.8, 4) is 11.3 Å². The molecule has 1 N–H and O–H groups in total. The van der Waals surface area contributed by atoms with Crippen LogP contribution in [0.25, 0.3) is 22.3 Å². The molecule has 0 saturated heterocycles. The van der Waals surface area contributed by atoms with Crippen LogP contribution in [0.2, 0.25) is 0 Å². The number of nitrogens with one attached hydrogen (secondary N) is 1. The third-order valence-corrected chi connectivity index (χ3v) is 7.10. The summed E-state index contributed by atoms with van der Waals surface area (Å²) in [6.45, 7) is -0.200. The van der Waals surface area contributed by atoms with Gasteiger partial charge in [0.2, 0.25) is 12.6 Å². The monoisotopic (exact) mass is 591 g/mol. The number of aromatic nitrogens is 5. The van der Waals surface area contributed by atoms with Crippen LogP contribution < -0.4 is 11.2 Å². The normalized spacial score (nSPS) is 13.3. The molecule has 12 heteroatoms. The molecule has 43 heavy (non-hydrogen) atoms. The van der Waals surface area contributed by atoms with Gasteiger partial charge in [0, 0.05) is 22.9 Å². The number of halogens is 5. The van der Waals surface area contributed by atoms with Gasteiger partial charge in [0.15, 0.2) is 0 Å². The van der Waals surface area contributed by atoms with Gasteiger partial charge in [-0.15, -0.1) is 0 Å². The Kier molecular flexibility index (Phi) is 7.04. The van der Waals surface area contributed by atoms with Gasteiger partial charge in [0.1, 0.15) is 5.52 Å². The minimum atomic E-state index is -4.55. The summed E-state index contributed by atoms with van der Waals surface area (Å²) in [4.78, 5) is 30.0. The molecule has 0 aliphatic rings. The van der Waals surface area contributed by atoms with Crippen LogP contribution >= 0.6 is 0 Å². The highest BCUT2D eigenvalue weighted by atomic mass is 19.4. The maximum absolute atomic E-state index is 16.0. The second kappa shape index (κ2) is 10.9. The molecule has 3 aromatic heterocycles. The van der Waals surface area contributed by atoms with E-state index in [4.69, 9.17) is 0 Å². The zero-order valence-electron chi connectivity index (χ0n) is 22.2. The van der Waals surface area contributed by atoms with Crippen LogP contribution in [0.15, 0.2) is 113 Å². The van der Waals surface area contributed by atoms with E-state index in [0.717, 1.165) is 6.07 Å². The van der Waals surface area contributed by atoms with E-state index < -0.39 is 35.6 Å². The first-order valence-electron chi connectivity index (χ1n) is 13.1. The average Bonchev–Trinajstić information content (AvgIpc) is 3.65. The van der Waals surface area contributed by atoms with Crippen LogP contribution in [-0.4, -0.2) is 23.9 Å². The molecule has 0 saturated carbocycles. The molecule has 0 radical (unpaired) electrons. The molecule has 3 heterocycles. The van der Waals surface area contributed by atoms with E-state index >= 15 is 8.78 Å². The molecular formula is C31H22F5N5O2. The molecule has 7 nitrogen and oxygen atoms in total. The van der Waals surface area contributed by atoms with Gasteiger partial charge in [0.25, 0.3) is 5.56 Å². The highest BCUT2D eigenvalue weighted by molar-refractivity contribution is 5.82. The zero-order chi connectivity index (χ0) is 30.3. The second-order valence-electron chi connectivity index (χ2n) is 9.85. The summed E-state index contributed by atoms with van der Waals surface area (Å²) >= 11 is 0. The minimum Gasteiger partial charge on any atom is -0.349 e. The highest BCUT2D eigenvalue weighted by Crippen LogP contribution is 2.33. The van der Waals surface area contributed by atoms with E-state index in [9.17, 15) is 22.8 Å². The van der Waals surface area contributed by atoms with E-state index in [1.54, 1.807) is 36.4 Å². The van der Waals surface area contributed by atoms with E-state index in [0.29, 0.717) is 14.7 Å². The van der Waals surface area contributed by atoms with E-state index in [2.05, 4.69) is 10.1 Å². The largest absolute Gasteiger partial charge is 0.416 e. The summed E-state index contributed by atoms with van der Waals surface area (Å²) in [6, 6.07) is 21.8.